The Morgan fingerprint density at radius 1 is 1.09 bits per heavy atom. The molecule has 0 saturated carbocycles. The fraction of sp³-hybridized carbons (Fsp3) is 0.192. The van der Waals surface area contributed by atoms with Gasteiger partial charge in [0.15, 0.2) is 0 Å². The summed E-state index contributed by atoms with van der Waals surface area (Å²) in [5, 5.41) is 21.7. The summed E-state index contributed by atoms with van der Waals surface area (Å²) < 4.78 is 5.71. The van der Waals surface area contributed by atoms with Gasteiger partial charge in [0.05, 0.1) is 23.4 Å². The van der Waals surface area contributed by atoms with Crippen LogP contribution in [0.5, 0.6) is 11.5 Å². The van der Waals surface area contributed by atoms with Gasteiger partial charge in [-0.1, -0.05) is 24.3 Å². The molecule has 1 aromatic heterocycles. The van der Waals surface area contributed by atoms with Crippen LogP contribution in [0.25, 0.3) is 5.76 Å². The summed E-state index contributed by atoms with van der Waals surface area (Å²) in [4.78, 5) is 31.7. The number of aliphatic hydroxyl groups is 1. The number of Topliss-reactive ketones (excluding diaryl/α,β-unsaturated/α-hetero) is 1. The van der Waals surface area contributed by atoms with Gasteiger partial charge in [-0.2, -0.15) is 0 Å². The molecule has 2 heterocycles. The minimum absolute atomic E-state index is 0.0762. The number of benzene rings is 2. The number of phenolic OH excluding ortho intramolecular Hbond substituents is 1. The summed E-state index contributed by atoms with van der Waals surface area (Å²) in [5.74, 6) is -1.65. The molecule has 7 heteroatoms. The summed E-state index contributed by atoms with van der Waals surface area (Å²) in [6, 6.07) is 13.9. The van der Waals surface area contributed by atoms with Crippen LogP contribution in [0.15, 0.2) is 72.6 Å². The van der Waals surface area contributed by atoms with E-state index in [1.54, 1.807) is 54.7 Å². The second-order valence-corrected chi connectivity index (χ2v) is 8.14. The number of hydrogen-bond acceptors (Lipinski definition) is 6. The average Bonchev–Trinajstić information content (AvgIpc) is 3.06. The average molecular weight is 444 g/mol. The molecule has 0 bridgehead atoms. The summed E-state index contributed by atoms with van der Waals surface area (Å²) in [6.45, 7) is 5.59. The van der Waals surface area contributed by atoms with E-state index in [1.807, 2.05) is 20.8 Å². The molecular weight excluding hydrogens is 420 g/mol. The maximum Gasteiger partial charge on any atom is 0.300 e. The Hall–Kier alpha value is -4.13. The molecule has 1 aliphatic heterocycles. The van der Waals surface area contributed by atoms with Crippen molar-refractivity contribution >= 4 is 23.1 Å². The van der Waals surface area contributed by atoms with E-state index in [4.69, 9.17) is 4.74 Å². The monoisotopic (exact) mass is 444 g/mol. The number of aromatic nitrogens is 1. The van der Waals surface area contributed by atoms with E-state index in [-0.39, 0.29) is 28.9 Å². The molecule has 1 fully saturated rings. The number of hydrogen-bond donors (Lipinski definition) is 2. The third kappa shape index (κ3) is 4.17. The van der Waals surface area contributed by atoms with E-state index in [1.165, 1.54) is 17.2 Å². The second-order valence-electron chi connectivity index (χ2n) is 8.14. The molecule has 4 rings (SSSR count). The molecule has 2 aromatic carbocycles. The zero-order valence-corrected chi connectivity index (χ0v) is 18.5. The van der Waals surface area contributed by atoms with Crippen molar-refractivity contribution in [2.45, 2.75) is 32.9 Å². The summed E-state index contributed by atoms with van der Waals surface area (Å²) >= 11 is 0. The number of carbonyl (C=O) groups is 2. The molecule has 33 heavy (non-hydrogen) atoms. The molecule has 1 amide bonds. The van der Waals surface area contributed by atoms with Crippen molar-refractivity contribution in [3.63, 3.8) is 0 Å². The van der Waals surface area contributed by atoms with Crippen LogP contribution in [0.4, 0.5) is 5.69 Å². The molecule has 3 aromatic rings. The highest BCUT2D eigenvalue weighted by molar-refractivity contribution is 6.51. The lowest BCUT2D eigenvalue weighted by atomic mass is 9.96. The van der Waals surface area contributed by atoms with Crippen molar-refractivity contribution in [2.24, 2.45) is 0 Å². The number of ketones is 1. The summed E-state index contributed by atoms with van der Waals surface area (Å²) in [7, 11) is 0. The van der Waals surface area contributed by atoms with Crippen LogP contribution in [0.3, 0.4) is 0 Å². The Kier molecular flexibility index (Phi) is 5.87. The fourth-order valence-electron chi connectivity index (χ4n) is 3.90. The maximum absolute atomic E-state index is 13.2. The van der Waals surface area contributed by atoms with Crippen LogP contribution in [-0.4, -0.2) is 33.0 Å². The number of aromatic hydroxyl groups is 1. The van der Waals surface area contributed by atoms with Gasteiger partial charge in [0.1, 0.15) is 17.3 Å². The van der Waals surface area contributed by atoms with Crippen LogP contribution in [0.2, 0.25) is 0 Å². The number of rotatable bonds is 5. The minimum atomic E-state index is -0.971. The van der Waals surface area contributed by atoms with Gasteiger partial charge in [0.2, 0.25) is 0 Å². The number of carbonyl (C=O) groups excluding carboxylic acids is 2. The maximum atomic E-state index is 13.2. The van der Waals surface area contributed by atoms with Gasteiger partial charge in [-0.15, -0.1) is 0 Å². The molecule has 1 atom stereocenters. The number of amides is 1. The molecule has 0 aliphatic carbocycles. The van der Waals surface area contributed by atoms with Crippen molar-refractivity contribution in [3.8, 4) is 11.5 Å². The van der Waals surface area contributed by atoms with E-state index < -0.39 is 17.7 Å². The van der Waals surface area contributed by atoms with Crippen molar-refractivity contribution in [1.82, 2.24) is 4.98 Å². The molecule has 1 unspecified atom stereocenters. The Labute approximate surface area is 191 Å². The number of phenols is 1. The number of anilines is 1. The Bertz CT molecular complexity index is 1250. The van der Waals surface area contributed by atoms with Crippen LogP contribution < -0.4 is 9.64 Å². The topological polar surface area (TPSA) is 100.0 Å². The number of aryl methyl sites for hydroxylation is 1. The predicted molar refractivity (Wildman–Crippen MR) is 124 cm³/mol. The van der Waals surface area contributed by atoms with Gasteiger partial charge < -0.3 is 14.9 Å². The van der Waals surface area contributed by atoms with Gasteiger partial charge in [-0.3, -0.25) is 19.5 Å². The third-order valence-corrected chi connectivity index (χ3v) is 5.31. The van der Waals surface area contributed by atoms with Crippen LogP contribution in [-0.2, 0) is 9.59 Å². The molecule has 0 spiro atoms. The SMILES string of the molecule is Cc1ccc(O)c(N2C(=O)C(=O)/C(=C(/O)c3cccc(OC(C)C)c3)C2c2cccnc2)c1. The molecule has 1 saturated heterocycles. The Morgan fingerprint density at radius 2 is 1.88 bits per heavy atom. The zero-order valence-electron chi connectivity index (χ0n) is 18.5. The predicted octanol–water partition coefficient (Wildman–Crippen LogP) is 4.51. The van der Waals surface area contributed by atoms with Crippen molar-refractivity contribution in [3.05, 3.63) is 89.3 Å². The molecule has 0 radical (unpaired) electrons. The quantitative estimate of drug-likeness (QED) is 0.341. The van der Waals surface area contributed by atoms with Crippen LogP contribution in [0.1, 0.15) is 36.6 Å². The lowest BCUT2D eigenvalue weighted by Crippen LogP contribution is -2.29. The minimum Gasteiger partial charge on any atom is -0.507 e. The first kappa shape index (κ1) is 22.1. The lowest BCUT2D eigenvalue weighted by molar-refractivity contribution is -0.132. The molecule has 7 nitrogen and oxygen atoms in total. The standard InChI is InChI=1S/C26H24N2O5/c1-15(2)33-19-8-4-6-17(13-19)24(30)22-23(18-7-5-11-27-14-18)28(26(32)25(22)31)20-12-16(3)9-10-21(20)29/h4-15,23,29-30H,1-3H3/b24-22+. The zero-order chi connectivity index (χ0) is 23.7. The van der Waals surface area contributed by atoms with Crippen molar-refractivity contribution < 1.29 is 24.5 Å². The normalized spacial score (nSPS) is 17.6. The van der Waals surface area contributed by atoms with E-state index >= 15 is 0 Å². The highest BCUT2D eigenvalue weighted by atomic mass is 16.5. The van der Waals surface area contributed by atoms with Crippen molar-refractivity contribution in [2.75, 3.05) is 4.90 Å². The number of pyridine rings is 1. The number of nitrogens with zero attached hydrogens (tertiary/aromatic N) is 2. The van der Waals surface area contributed by atoms with E-state index in [2.05, 4.69) is 4.98 Å². The summed E-state index contributed by atoms with van der Waals surface area (Å²) in [5.41, 5.74) is 1.76. The number of ether oxygens (including phenoxy) is 1. The van der Waals surface area contributed by atoms with Crippen LogP contribution in [0, 0.1) is 6.92 Å². The van der Waals surface area contributed by atoms with Crippen molar-refractivity contribution in [1.29, 1.82) is 0 Å². The van der Waals surface area contributed by atoms with E-state index in [9.17, 15) is 19.8 Å². The smallest absolute Gasteiger partial charge is 0.300 e. The van der Waals surface area contributed by atoms with E-state index in [0.29, 0.717) is 16.9 Å². The molecular formula is C26H24N2O5. The Balaban J connectivity index is 1.93. The van der Waals surface area contributed by atoms with Crippen LogP contribution >= 0.6 is 0 Å². The molecule has 2 N–H and O–H groups in total. The first-order valence-electron chi connectivity index (χ1n) is 10.6. The second kappa shape index (κ2) is 8.78. The highest BCUT2D eigenvalue weighted by Gasteiger charge is 2.47. The first-order chi connectivity index (χ1) is 15.8. The van der Waals surface area contributed by atoms with Gasteiger partial charge in [-0.05, 0) is 62.2 Å². The number of aliphatic hydroxyl groups excluding tert-OH is 1. The lowest BCUT2D eigenvalue weighted by Gasteiger charge is -2.26. The highest BCUT2D eigenvalue weighted by Crippen LogP contribution is 2.44. The third-order valence-electron chi connectivity index (χ3n) is 5.31. The van der Waals surface area contributed by atoms with Gasteiger partial charge in [0, 0.05) is 18.0 Å². The van der Waals surface area contributed by atoms with Gasteiger partial charge in [-0.25, -0.2) is 0 Å². The van der Waals surface area contributed by atoms with Gasteiger partial charge >= 0.3 is 0 Å². The van der Waals surface area contributed by atoms with Gasteiger partial charge in [0.25, 0.3) is 11.7 Å². The first-order valence-corrected chi connectivity index (χ1v) is 10.6. The molecule has 1 aliphatic rings. The molecule has 168 valence electrons. The largest absolute Gasteiger partial charge is 0.507 e. The van der Waals surface area contributed by atoms with E-state index in [0.717, 1.165) is 5.56 Å². The Morgan fingerprint density at radius 3 is 2.58 bits per heavy atom. The summed E-state index contributed by atoms with van der Waals surface area (Å²) in [6.07, 6.45) is 3.03. The fourth-order valence-corrected chi connectivity index (χ4v) is 3.90.